The zero-order valence-corrected chi connectivity index (χ0v) is 17.6. The van der Waals surface area contributed by atoms with Gasteiger partial charge in [-0.05, 0) is 58.1 Å². The maximum absolute atomic E-state index is 12.4. The molecular weight excluding hydrogens is 356 g/mol. The minimum absolute atomic E-state index is 0.114. The molecule has 0 aliphatic carbocycles. The van der Waals surface area contributed by atoms with Crippen LogP contribution in [0.4, 0.5) is 4.79 Å². The monoisotopic (exact) mass is 386 g/mol. The van der Waals surface area contributed by atoms with E-state index >= 15 is 0 Å². The van der Waals surface area contributed by atoms with Gasteiger partial charge in [0.05, 0.1) is 12.7 Å². The van der Waals surface area contributed by atoms with Gasteiger partial charge in [0, 0.05) is 36.7 Å². The standard InChI is InChI=1S/C22H30N2O4/c1-14-11-16(9-10-24(14)21(26)28-22(2,3)4)15-7-8-17-18(20(25)27-6)13-23(5)19(17)12-15/h7-8,12-14,16H,9-11H2,1-6H3. The molecule has 0 bridgehead atoms. The first-order valence-corrected chi connectivity index (χ1v) is 9.77. The van der Waals surface area contributed by atoms with E-state index in [0.29, 0.717) is 18.0 Å². The van der Waals surface area contributed by atoms with Crippen LogP contribution in [0.15, 0.2) is 24.4 Å². The number of piperidine rings is 1. The van der Waals surface area contributed by atoms with E-state index in [1.165, 1.54) is 12.7 Å². The third kappa shape index (κ3) is 4.01. The fourth-order valence-electron chi connectivity index (χ4n) is 3.99. The molecule has 6 nitrogen and oxygen atoms in total. The van der Waals surface area contributed by atoms with Gasteiger partial charge < -0.3 is 18.9 Å². The number of nitrogens with zero attached hydrogens (tertiary/aromatic N) is 2. The summed E-state index contributed by atoms with van der Waals surface area (Å²) in [6.07, 6.45) is 3.36. The Bertz CT molecular complexity index is 894. The summed E-state index contributed by atoms with van der Waals surface area (Å²) in [5.74, 6) is 0.0483. The van der Waals surface area contributed by atoms with E-state index in [4.69, 9.17) is 9.47 Å². The zero-order valence-electron chi connectivity index (χ0n) is 17.6. The maximum Gasteiger partial charge on any atom is 0.410 e. The Hall–Kier alpha value is -2.50. The van der Waals surface area contributed by atoms with E-state index in [1.807, 2.05) is 49.5 Å². The number of ether oxygens (including phenoxy) is 2. The first-order valence-electron chi connectivity index (χ1n) is 9.77. The molecule has 1 aliphatic heterocycles. The molecule has 1 aliphatic rings. The SMILES string of the molecule is COC(=O)c1cn(C)c2cc(C3CCN(C(=O)OC(C)(C)C)C(C)C3)ccc12. The quantitative estimate of drug-likeness (QED) is 0.715. The molecule has 1 aromatic heterocycles. The summed E-state index contributed by atoms with van der Waals surface area (Å²) in [5.41, 5.74) is 2.35. The van der Waals surface area contributed by atoms with Gasteiger partial charge in [0.15, 0.2) is 0 Å². The van der Waals surface area contributed by atoms with Gasteiger partial charge in [-0.2, -0.15) is 0 Å². The van der Waals surface area contributed by atoms with Crippen LogP contribution in [0.5, 0.6) is 0 Å². The number of aryl methyl sites for hydroxylation is 1. The second-order valence-electron chi connectivity index (χ2n) is 8.67. The van der Waals surface area contributed by atoms with Crippen LogP contribution in [0.2, 0.25) is 0 Å². The molecule has 6 heteroatoms. The molecule has 2 heterocycles. The number of benzene rings is 1. The van der Waals surface area contributed by atoms with Crippen molar-refractivity contribution in [1.29, 1.82) is 0 Å². The predicted octanol–water partition coefficient (Wildman–Crippen LogP) is 4.47. The summed E-state index contributed by atoms with van der Waals surface area (Å²) in [5, 5.41) is 0.900. The Kier molecular flexibility index (Phi) is 5.41. The summed E-state index contributed by atoms with van der Waals surface area (Å²) in [6.45, 7) is 8.42. The van der Waals surface area contributed by atoms with Gasteiger partial charge in [-0.25, -0.2) is 9.59 Å². The summed E-state index contributed by atoms with van der Waals surface area (Å²) >= 11 is 0. The van der Waals surface area contributed by atoms with Crippen molar-refractivity contribution >= 4 is 23.0 Å². The van der Waals surface area contributed by atoms with E-state index in [0.717, 1.165) is 23.7 Å². The van der Waals surface area contributed by atoms with E-state index < -0.39 is 5.60 Å². The van der Waals surface area contributed by atoms with E-state index in [9.17, 15) is 9.59 Å². The van der Waals surface area contributed by atoms with Crippen LogP contribution in [0.1, 0.15) is 62.4 Å². The van der Waals surface area contributed by atoms with Gasteiger partial charge in [0.1, 0.15) is 5.60 Å². The van der Waals surface area contributed by atoms with Crippen molar-refractivity contribution in [1.82, 2.24) is 9.47 Å². The summed E-state index contributed by atoms with van der Waals surface area (Å²) in [7, 11) is 3.33. The highest BCUT2D eigenvalue weighted by Crippen LogP contribution is 2.34. The molecule has 2 aromatic rings. The largest absolute Gasteiger partial charge is 0.465 e. The molecule has 152 valence electrons. The molecule has 28 heavy (non-hydrogen) atoms. The molecular formula is C22H30N2O4. The van der Waals surface area contributed by atoms with Crippen molar-refractivity contribution in [3.05, 3.63) is 35.5 Å². The molecule has 2 unspecified atom stereocenters. The minimum atomic E-state index is -0.484. The van der Waals surface area contributed by atoms with E-state index in [1.54, 1.807) is 0 Å². The molecule has 0 saturated carbocycles. The van der Waals surface area contributed by atoms with Gasteiger partial charge >= 0.3 is 12.1 Å². The van der Waals surface area contributed by atoms with Crippen molar-refractivity contribution in [3.63, 3.8) is 0 Å². The Morgan fingerprint density at radius 3 is 2.54 bits per heavy atom. The topological polar surface area (TPSA) is 60.8 Å². The predicted molar refractivity (Wildman–Crippen MR) is 109 cm³/mol. The van der Waals surface area contributed by atoms with Gasteiger partial charge in [-0.3, -0.25) is 0 Å². The van der Waals surface area contributed by atoms with Crippen LogP contribution in [0.3, 0.4) is 0 Å². The molecule has 3 rings (SSSR count). The molecule has 0 radical (unpaired) electrons. The Labute approximate surface area is 166 Å². The number of aromatic nitrogens is 1. The van der Waals surface area contributed by atoms with Crippen LogP contribution in [-0.2, 0) is 16.5 Å². The lowest BCUT2D eigenvalue weighted by Gasteiger charge is -2.38. The van der Waals surface area contributed by atoms with Crippen LogP contribution in [0, 0.1) is 0 Å². The van der Waals surface area contributed by atoms with Crippen LogP contribution in [-0.4, -0.2) is 46.8 Å². The van der Waals surface area contributed by atoms with E-state index in [2.05, 4.69) is 19.1 Å². The number of carbonyl (C=O) groups excluding carboxylic acids is 2. The highest BCUT2D eigenvalue weighted by atomic mass is 16.6. The normalized spacial score (nSPS) is 20.3. The molecule has 1 amide bonds. The second-order valence-corrected chi connectivity index (χ2v) is 8.67. The fraction of sp³-hybridized carbons (Fsp3) is 0.545. The highest BCUT2D eigenvalue weighted by molar-refractivity contribution is 6.04. The molecule has 1 fully saturated rings. The van der Waals surface area contributed by atoms with Crippen molar-refractivity contribution < 1.29 is 19.1 Å². The summed E-state index contributed by atoms with van der Waals surface area (Å²) in [4.78, 5) is 26.3. The van der Waals surface area contributed by atoms with Crippen molar-refractivity contribution in [2.24, 2.45) is 7.05 Å². The van der Waals surface area contributed by atoms with Crippen molar-refractivity contribution in [3.8, 4) is 0 Å². The number of hydrogen-bond acceptors (Lipinski definition) is 4. The number of carbonyl (C=O) groups is 2. The van der Waals surface area contributed by atoms with E-state index in [-0.39, 0.29) is 18.1 Å². The number of esters is 1. The number of likely N-dealkylation sites (tertiary alicyclic amines) is 1. The van der Waals surface area contributed by atoms with Crippen molar-refractivity contribution in [2.75, 3.05) is 13.7 Å². The summed E-state index contributed by atoms with van der Waals surface area (Å²) < 4.78 is 12.4. The zero-order chi connectivity index (χ0) is 20.6. The maximum atomic E-state index is 12.4. The number of rotatable bonds is 2. The summed E-state index contributed by atoms with van der Waals surface area (Å²) in [6, 6.07) is 6.36. The van der Waals surface area contributed by atoms with Gasteiger partial charge in [-0.15, -0.1) is 0 Å². The lowest BCUT2D eigenvalue weighted by Crippen LogP contribution is -2.46. The number of amides is 1. The van der Waals surface area contributed by atoms with Gasteiger partial charge in [-0.1, -0.05) is 12.1 Å². The van der Waals surface area contributed by atoms with Crippen LogP contribution < -0.4 is 0 Å². The molecule has 0 spiro atoms. The van der Waals surface area contributed by atoms with Gasteiger partial charge in [0.2, 0.25) is 0 Å². The van der Waals surface area contributed by atoms with Crippen molar-refractivity contribution in [2.45, 2.75) is 58.1 Å². The Morgan fingerprint density at radius 1 is 1.21 bits per heavy atom. The Balaban J connectivity index is 1.78. The second kappa shape index (κ2) is 7.49. The molecule has 2 atom stereocenters. The van der Waals surface area contributed by atoms with Gasteiger partial charge in [0.25, 0.3) is 0 Å². The first kappa shape index (κ1) is 20.2. The lowest BCUT2D eigenvalue weighted by atomic mass is 9.85. The molecule has 0 N–H and O–H groups in total. The Morgan fingerprint density at radius 2 is 1.93 bits per heavy atom. The third-order valence-corrected chi connectivity index (χ3v) is 5.40. The lowest BCUT2D eigenvalue weighted by molar-refractivity contribution is 0.0103. The smallest absolute Gasteiger partial charge is 0.410 e. The molecule has 1 aromatic carbocycles. The number of methoxy groups -OCH3 is 1. The van der Waals surface area contributed by atoms with Crippen LogP contribution >= 0.6 is 0 Å². The number of hydrogen-bond donors (Lipinski definition) is 0. The number of fused-ring (bicyclic) bond motifs is 1. The molecule has 1 saturated heterocycles. The first-order chi connectivity index (χ1) is 13.1. The van der Waals surface area contributed by atoms with Crippen LogP contribution in [0.25, 0.3) is 10.9 Å². The minimum Gasteiger partial charge on any atom is -0.465 e. The third-order valence-electron chi connectivity index (χ3n) is 5.40. The highest BCUT2D eigenvalue weighted by Gasteiger charge is 2.32. The average Bonchev–Trinajstić information content (AvgIpc) is 2.95. The average molecular weight is 386 g/mol. The fourth-order valence-corrected chi connectivity index (χ4v) is 3.99.